The Morgan fingerprint density at radius 2 is 2.46 bits per heavy atom. The molecule has 0 aromatic carbocycles. The number of ether oxygens (including phenoxy) is 1. The number of fused-ring (bicyclic) bond motifs is 1. The summed E-state index contributed by atoms with van der Waals surface area (Å²) >= 11 is 5.70. The van der Waals surface area contributed by atoms with Crippen LogP contribution in [0.4, 0.5) is 10.5 Å². The Balaban J connectivity index is 2.51. The van der Waals surface area contributed by atoms with E-state index in [0.29, 0.717) is 5.15 Å². The number of cyclic esters (lactones) is 1. The van der Waals surface area contributed by atoms with Gasteiger partial charge in [-0.3, -0.25) is 4.90 Å². The van der Waals surface area contributed by atoms with Crippen LogP contribution in [0.25, 0.3) is 0 Å². The van der Waals surface area contributed by atoms with Crippen LogP contribution in [0.1, 0.15) is 5.56 Å². The largest absolute Gasteiger partial charge is 0.444 e. The zero-order chi connectivity index (χ0) is 9.42. The lowest BCUT2D eigenvalue weighted by Crippen LogP contribution is -2.31. The van der Waals surface area contributed by atoms with Gasteiger partial charge in [-0.15, -0.1) is 0 Å². The lowest BCUT2D eigenvalue weighted by atomic mass is 10.2. The maximum Gasteiger partial charge on any atom is 0.414 e. The van der Waals surface area contributed by atoms with E-state index >= 15 is 0 Å². The zero-order valence-corrected chi connectivity index (χ0v) is 7.71. The molecule has 0 atom stereocenters. The fraction of sp³-hybridized carbons (Fsp3) is 0.250. The van der Waals surface area contributed by atoms with Crippen molar-refractivity contribution in [2.24, 2.45) is 0 Å². The highest BCUT2D eigenvalue weighted by molar-refractivity contribution is 6.29. The Morgan fingerprint density at radius 3 is 3.23 bits per heavy atom. The maximum atomic E-state index is 11.1. The second-order valence-electron chi connectivity index (χ2n) is 2.75. The predicted molar refractivity (Wildman–Crippen MR) is 47.8 cm³/mol. The van der Waals surface area contributed by atoms with Crippen LogP contribution in [0.3, 0.4) is 0 Å². The van der Waals surface area contributed by atoms with Crippen molar-refractivity contribution in [1.82, 2.24) is 4.98 Å². The van der Waals surface area contributed by atoms with Crippen molar-refractivity contribution in [2.45, 2.75) is 6.61 Å². The number of hydrogen-bond acceptors (Lipinski definition) is 3. The first-order valence-corrected chi connectivity index (χ1v) is 4.11. The third-order valence-electron chi connectivity index (χ3n) is 1.91. The van der Waals surface area contributed by atoms with E-state index in [-0.39, 0.29) is 12.7 Å². The molecule has 2 heterocycles. The number of amides is 1. The molecule has 0 radical (unpaired) electrons. The van der Waals surface area contributed by atoms with Gasteiger partial charge >= 0.3 is 6.09 Å². The number of nitrogens with zero attached hydrogens (tertiary/aromatic N) is 2. The number of aromatic nitrogens is 1. The number of halogens is 1. The van der Waals surface area contributed by atoms with E-state index in [4.69, 9.17) is 16.3 Å². The van der Waals surface area contributed by atoms with Gasteiger partial charge in [-0.25, -0.2) is 9.78 Å². The van der Waals surface area contributed by atoms with E-state index < -0.39 is 0 Å². The van der Waals surface area contributed by atoms with Crippen molar-refractivity contribution in [1.29, 1.82) is 0 Å². The predicted octanol–water partition coefficient (Wildman–Crippen LogP) is 1.82. The summed E-state index contributed by atoms with van der Waals surface area (Å²) in [5.74, 6) is 0. The summed E-state index contributed by atoms with van der Waals surface area (Å²) in [4.78, 5) is 16.4. The lowest BCUT2D eigenvalue weighted by molar-refractivity contribution is 0.143. The molecule has 1 amide bonds. The van der Waals surface area contributed by atoms with E-state index in [9.17, 15) is 4.79 Å². The minimum atomic E-state index is -0.366. The molecule has 1 aliphatic rings. The first-order valence-electron chi connectivity index (χ1n) is 3.73. The summed E-state index contributed by atoms with van der Waals surface area (Å²) in [6.07, 6.45) is 1.25. The average Bonchev–Trinajstić information content (AvgIpc) is 2.12. The number of hydrogen-bond donors (Lipinski definition) is 0. The van der Waals surface area contributed by atoms with Crippen molar-refractivity contribution in [3.63, 3.8) is 0 Å². The van der Waals surface area contributed by atoms with Crippen LogP contribution in [0.2, 0.25) is 5.15 Å². The fourth-order valence-corrected chi connectivity index (χ4v) is 1.36. The van der Waals surface area contributed by atoms with Gasteiger partial charge in [0, 0.05) is 18.8 Å². The van der Waals surface area contributed by atoms with E-state index in [1.165, 1.54) is 4.90 Å². The molecule has 13 heavy (non-hydrogen) atoms. The zero-order valence-electron chi connectivity index (χ0n) is 6.95. The molecule has 0 aliphatic carbocycles. The Kier molecular flexibility index (Phi) is 1.84. The van der Waals surface area contributed by atoms with Crippen LogP contribution in [-0.2, 0) is 11.3 Å². The third-order valence-corrected chi connectivity index (χ3v) is 2.12. The molecular weight excluding hydrogens is 192 g/mol. The number of carbonyl (C=O) groups is 1. The molecule has 0 bridgehead atoms. The van der Waals surface area contributed by atoms with Gasteiger partial charge in [-0.05, 0) is 6.07 Å². The quantitative estimate of drug-likeness (QED) is 0.598. The number of pyridine rings is 1. The van der Waals surface area contributed by atoms with Crippen molar-refractivity contribution in [2.75, 3.05) is 11.9 Å². The highest BCUT2D eigenvalue weighted by Crippen LogP contribution is 2.26. The molecule has 68 valence electrons. The average molecular weight is 199 g/mol. The first kappa shape index (κ1) is 8.31. The van der Waals surface area contributed by atoms with Gasteiger partial charge < -0.3 is 4.74 Å². The van der Waals surface area contributed by atoms with Crippen molar-refractivity contribution < 1.29 is 9.53 Å². The van der Waals surface area contributed by atoms with Gasteiger partial charge in [0.05, 0.1) is 5.69 Å². The van der Waals surface area contributed by atoms with E-state index in [0.717, 1.165) is 11.3 Å². The number of carbonyl (C=O) groups excluding carboxylic acids is 1. The Labute approximate surface area is 80.1 Å². The van der Waals surface area contributed by atoms with Crippen LogP contribution in [0.15, 0.2) is 12.3 Å². The molecule has 5 heteroatoms. The van der Waals surface area contributed by atoms with Crippen molar-refractivity contribution in [3.8, 4) is 0 Å². The second-order valence-corrected chi connectivity index (χ2v) is 3.14. The lowest BCUT2D eigenvalue weighted by Gasteiger charge is -2.24. The van der Waals surface area contributed by atoms with Gasteiger partial charge in [0.15, 0.2) is 0 Å². The molecule has 0 unspecified atom stereocenters. The van der Waals surface area contributed by atoms with Crippen LogP contribution in [0.5, 0.6) is 0 Å². The fourth-order valence-electron chi connectivity index (χ4n) is 1.21. The topological polar surface area (TPSA) is 42.4 Å². The van der Waals surface area contributed by atoms with Crippen molar-refractivity contribution in [3.05, 3.63) is 23.0 Å². The van der Waals surface area contributed by atoms with E-state index in [1.807, 2.05) is 0 Å². The third kappa shape index (κ3) is 1.33. The Bertz CT molecular complexity index is 367. The molecule has 2 rings (SSSR count). The number of rotatable bonds is 0. The molecule has 0 saturated carbocycles. The minimum Gasteiger partial charge on any atom is -0.444 e. The van der Waals surface area contributed by atoms with Gasteiger partial charge in [0.2, 0.25) is 0 Å². The highest BCUT2D eigenvalue weighted by Gasteiger charge is 2.22. The molecule has 0 saturated heterocycles. The molecule has 1 aromatic heterocycles. The van der Waals surface area contributed by atoms with Crippen LogP contribution in [0, 0.1) is 0 Å². The summed E-state index contributed by atoms with van der Waals surface area (Å²) in [5.41, 5.74) is 1.63. The summed E-state index contributed by atoms with van der Waals surface area (Å²) in [5, 5.41) is 0.375. The van der Waals surface area contributed by atoms with Crippen LogP contribution >= 0.6 is 11.6 Å². The summed E-state index contributed by atoms with van der Waals surface area (Å²) in [6, 6.07) is 1.65. The first-order chi connectivity index (χ1) is 6.18. The maximum absolute atomic E-state index is 11.1. The number of anilines is 1. The normalized spacial score (nSPS) is 15.2. The molecule has 0 fully saturated rings. The van der Waals surface area contributed by atoms with Gasteiger partial charge in [0.25, 0.3) is 0 Å². The van der Waals surface area contributed by atoms with Crippen molar-refractivity contribution >= 4 is 23.4 Å². The summed E-state index contributed by atoms with van der Waals surface area (Å²) in [6.45, 7) is 0.267. The molecule has 1 aromatic rings. The Hall–Kier alpha value is -1.29. The molecular formula is C8H7ClN2O2. The molecule has 1 aliphatic heterocycles. The van der Waals surface area contributed by atoms with Crippen LogP contribution < -0.4 is 4.90 Å². The summed E-state index contributed by atoms with van der Waals surface area (Å²) in [7, 11) is 1.64. The van der Waals surface area contributed by atoms with Gasteiger partial charge in [0.1, 0.15) is 11.8 Å². The van der Waals surface area contributed by atoms with E-state index in [2.05, 4.69) is 4.98 Å². The minimum absolute atomic E-state index is 0.267. The highest BCUT2D eigenvalue weighted by atomic mass is 35.5. The van der Waals surface area contributed by atoms with Gasteiger partial charge in [-0.2, -0.15) is 0 Å². The molecule has 4 nitrogen and oxygen atoms in total. The van der Waals surface area contributed by atoms with E-state index in [1.54, 1.807) is 19.3 Å². The van der Waals surface area contributed by atoms with Crippen LogP contribution in [-0.4, -0.2) is 18.1 Å². The Morgan fingerprint density at radius 1 is 1.69 bits per heavy atom. The molecule has 0 N–H and O–H groups in total. The monoisotopic (exact) mass is 198 g/mol. The summed E-state index contributed by atoms with van der Waals surface area (Å²) < 4.78 is 4.86. The SMILES string of the molecule is CN1C(=O)OCc2cnc(Cl)cc21. The smallest absolute Gasteiger partial charge is 0.414 e. The second kappa shape index (κ2) is 2.88. The molecule has 0 spiro atoms. The van der Waals surface area contributed by atoms with Gasteiger partial charge in [-0.1, -0.05) is 11.6 Å². The standard InChI is InChI=1S/C8H7ClN2O2/c1-11-6-2-7(9)10-3-5(6)4-13-8(11)12/h2-3H,4H2,1H3.